The number of aryl methyl sites for hydroxylation is 1. The number of fused-ring (bicyclic) bond motifs is 1. The molecule has 2 amide bonds. The first kappa shape index (κ1) is 22.5. The van der Waals surface area contributed by atoms with Crippen molar-refractivity contribution >= 4 is 34.4 Å². The van der Waals surface area contributed by atoms with E-state index in [0.717, 1.165) is 10.9 Å². The third kappa shape index (κ3) is 5.94. The van der Waals surface area contributed by atoms with Crippen LogP contribution < -0.4 is 27.7 Å². The van der Waals surface area contributed by atoms with E-state index in [2.05, 4.69) is 15.6 Å². The molecule has 2 aromatic carbocycles. The van der Waals surface area contributed by atoms with Gasteiger partial charge in [-0.05, 0) is 49.6 Å². The van der Waals surface area contributed by atoms with Crippen molar-refractivity contribution in [3.05, 3.63) is 76.1 Å². The van der Waals surface area contributed by atoms with Gasteiger partial charge in [0.2, 0.25) is 5.91 Å². The molecule has 0 saturated heterocycles. The molecule has 3 rings (SSSR count). The highest BCUT2D eigenvalue weighted by atomic mass is 16.4. The van der Waals surface area contributed by atoms with E-state index in [9.17, 15) is 14.4 Å². The molecule has 0 aliphatic rings. The second-order valence-corrected chi connectivity index (χ2v) is 7.29. The summed E-state index contributed by atoms with van der Waals surface area (Å²) in [6, 6.07) is 14.3. The fraction of sp³-hybridized carbons (Fsp3) is 0.217. The van der Waals surface area contributed by atoms with E-state index in [1.165, 1.54) is 6.07 Å². The molecule has 166 valence electrons. The van der Waals surface area contributed by atoms with Crippen molar-refractivity contribution in [1.29, 1.82) is 0 Å². The summed E-state index contributed by atoms with van der Waals surface area (Å²) in [6.07, 6.45) is 0.805. The lowest BCUT2D eigenvalue weighted by atomic mass is 10.1. The molecule has 3 aromatic rings. The SMILES string of the molecule is Cc1cc(=O)oc2cc(NC(=O)[C@@H](CCCN=C(N)N)NC(=O)c3ccccc3)ccc12. The summed E-state index contributed by atoms with van der Waals surface area (Å²) >= 11 is 0. The largest absolute Gasteiger partial charge is 0.423 e. The van der Waals surface area contributed by atoms with E-state index in [1.54, 1.807) is 48.5 Å². The first-order chi connectivity index (χ1) is 15.3. The standard InChI is InChI=1S/C23H25N5O4/c1-14-12-20(29)32-19-13-16(9-10-17(14)19)27-22(31)18(8-5-11-26-23(24)25)28-21(30)15-6-3-2-4-7-15/h2-4,6-7,9-10,12-13,18H,5,8,11H2,1H3,(H,27,31)(H,28,30)(H4,24,25,26)/t18-/m1/s1. The Labute approximate surface area is 184 Å². The van der Waals surface area contributed by atoms with Crippen molar-refractivity contribution in [3.8, 4) is 0 Å². The van der Waals surface area contributed by atoms with Gasteiger partial charge in [0.1, 0.15) is 11.6 Å². The van der Waals surface area contributed by atoms with Crippen LogP contribution in [-0.2, 0) is 4.79 Å². The quantitative estimate of drug-likeness (QED) is 0.183. The second-order valence-electron chi connectivity index (χ2n) is 7.29. The van der Waals surface area contributed by atoms with Gasteiger partial charge in [-0.3, -0.25) is 14.6 Å². The van der Waals surface area contributed by atoms with Gasteiger partial charge in [0.05, 0.1) is 0 Å². The number of hydrogen-bond acceptors (Lipinski definition) is 5. The number of anilines is 1. The molecule has 0 fully saturated rings. The van der Waals surface area contributed by atoms with E-state index < -0.39 is 17.6 Å². The van der Waals surface area contributed by atoms with Gasteiger partial charge >= 0.3 is 5.63 Å². The Morgan fingerprint density at radius 2 is 1.84 bits per heavy atom. The number of aliphatic imine (C=N–C) groups is 1. The highest BCUT2D eigenvalue weighted by Gasteiger charge is 2.21. The fourth-order valence-corrected chi connectivity index (χ4v) is 3.24. The van der Waals surface area contributed by atoms with Gasteiger partial charge in [-0.1, -0.05) is 18.2 Å². The first-order valence-corrected chi connectivity index (χ1v) is 10.1. The number of carbonyl (C=O) groups excluding carboxylic acids is 2. The minimum Gasteiger partial charge on any atom is -0.423 e. The van der Waals surface area contributed by atoms with Gasteiger partial charge < -0.3 is 26.5 Å². The maximum absolute atomic E-state index is 13.0. The molecule has 0 radical (unpaired) electrons. The first-order valence-electron chi connectivity index (χ1n) is 10.1. The normalized spacial score (nSPS) is 11.5. The molecule has 6 N–H and O–H groups in total. The van der Waals surface area contributed by atoms with E-state index >= 15 is 0 Å². The molecule has 0 aliphatic heterocycles. The molecule has 9 nitrogen and oxygen atoms in total. The molecular weight excluding hydrogens is 410 g/mol. The van der Waals surface area contributed by atoms with Crippen molar-refractivity contribution < 1.29 is 14.0 Å². The Bertz CT molecular complexity index is 1200. The number of guanidine groups is 1. The third-order valence-electron chi connectivity index (χ3n) is 4.82. The van der Waals surface area contributed by atoms with Crippen LogP contribution in [0.5, 0.6) is 0 Å². The predicted molar refractivity (Wildman–Crippen MR) is 123 cm³/mol. The van der Waals surface area contributed by atoms with Crippen LogP contribution in [-0.4, -0.2) is 30.4 Å². The number of rotatable bonds is 8. The van der Waals surface area contributed by atoms with Crippen LogP contribution >= 0.6 is 0 Å². The van der Waals surface area contributed by atoms with Gasteiger partial charge in [0.15, 0.2) is 5.96 Å². The number of nitrogens with one attached hydrogen (secondary N) is 2. The molecule has 1 aromatic heterocycles. The predicted octanol–water partition coefficient (Wildman–Crippen LogP) is 1.89. The van der Waals surface area contributed by atoms with Crippen LogP contribution in [0.25, 0.3) is 11.0 Å². The number of nitrogens with two attached hydrogens (primary N) is 2. The summed E-state index contributed by atoms with van der Waals surface area (Å²) in [7, 11) is 0. The molecule has 32 heavy (non-hydrogen) atoms. The van der Waals surface area contributed by atoms with Crippen LogP contribution in [0.15, 0.2) is 68.8 Å². The van der Waals surface area contributed by atoms with E-state index in [4.69, 9.17) is 15.9 Å². The van der Waals surface area contributed by atoms with Gasteiger partial charge in [-0.25, -0.2) is 4.79 Å². The molecule has 0 aliphatic carbocycles. The lowest BCUT2D eigenvalue weighted by molar-refractivity contribution is -0.118. The minimum atomic E-state index is -0.822. The fourth-order valence-electron chi connectivity index (χ4n) is 3.24. The zero-order chi connectivity index (χ0) is 23.1. The summed E-state index contributed by atoms with van der Waals surface area (Å²) in [5.74, 6) is -0.812. The molecular formula is C23H25N5O4. The Morgan fingerprint density at radius 1 is 1.09 bits per heavy atom. The van der Waals surface area contributed by atoms with E-state index in [0.29, 0.717) is 36.2 Å². The van der Waals surface area contributed by atoms with Crippen LogP contribution in [0, 0.1) is 6.92 Å². The summed E-state index contributed by atoms with van der Waals surface area (Å²) in [5, 5.41) is 6.31. The zero-order valence-electron chi connectivity index (χ0n) is 17.6. The van der Waals surface area contributed by atoms with Crippen molar-refractivity contribution in [2.45, 2.75) is 25.8 Å². The van der Waals surface area contributed by atoms with Gasteiger partial charge in [-0.2, -0.15) is 0 Å². The van der Waals surface area contributed by atoms with Crippen LogP contribution in [0.1, 0.15) is 28.8 Å². The van der Waals surface area contributed by atoms with Crippen molar-refractivity contribution in [1.82, 2.24) is 5.32 Å². The van der Waals surface area contributed by atoms with E-state index in [-0.39, 0.29) is 11.9 Å². The van der Waals surface area contributed by atoms with Gasteiger partial charge in [-0.15, -0.1) is 0 Å². The Morgan fingerprint density at radius 3 is 2.56 bits per heavy atom. The minimum absolute atomic E-state index is 0.0349. The Hall–Kier alpha value is -4.14. The van der Waals surface area contributed by atoms with Crippen molar-refractivity contribution in [2.75, 3.05) is 11.9 Å². The number of amides is 2. The summed E-state index contributed by atoms with van der Waals surface area (Å²) < 4.78 is 5.23. The topological polar surface area (TPSA) is 153 Å². The average molecular weight is 435 g/mol. The number of carbonyl (C=O) groups is 2. The Kier molecular flexibility index (Phi) is 7.22. The summed E-state index contributed by atoms with van der Waals surface area (Å²) in [5.41, 5.74) is 12.2. The molecule has 0 spiro atoms. The molecule has 1 atom stereocenters. The maximum Gasteiger partial charge on any atom is 0.336 e. The molecule has 0 unspecified atom stereocenters. The third-order valence-corrected chi connectivity index (χ3v) is 4.82. The number of nitrogens with zero attached hydrogens (tertiary/aromatic N) is 1. The number of benzene rings is 2. The average Bonchev–Trinajstić information content (AvgIpc) is 2.75. The maximum atomic E-state index is 13.0. The molecule has 9 heteroatoms. The van der Waals surface area contributed by atoms with Gasteiger partial charge in [0.25, 0.3) is 5.91 Å². The van der Waals surface area contributed by atoms with E-state index in [1.807, 2.05) is 6.92 Å². The second kappa shape index (κ2) is 10.3. The van der Waals surface area contributed by atoms with Crippen LogP contribution in [0.4, 0.5) is 5.69 Å². The monoisotopic (exact) mass is 435 g/mol. The van der Waals surface area contributed by atoms with Crippen LogP contribution in [0.3, 0.4) is 0 Å². The molecule has 1 heterocycles. The van der Waals surface area contributed by atoms with Crippen LogP contribution in [0.2, 0.25) is 0 Å². The molecule has 0 saturated carbocycles. The van der Waals surface area contributed by atoms with Crippen molar-refractivity contribution in [2.24, 2.45) is 16.5 Å². The lowest BCUT2D eigenvalue weighted by Gasteiger charge is -2.18. The van der Waals surface area contributed by atoms with Gasteiger partial charge in [0, 0.05) is 35.3 Å². The summed E-state index contributed by atoms with van der Waals surface area (Å²) in [6.45, 7) is 2.14. The van der Waals surface area contributed by atoms with Crippen molar-refractivity contribution in [3.63, 3.8) is 0 Å². The zero-order valence-corrected chi connectivity index (χ0v) is 17.6. The Balaban J connectivity index is 1.77. The lowest BCUT2D eigenvalue weighted by Crippen LogP contribution is -2.44. The smallest absolute Gasteiger partial charge is 0.336 e. The molecule has 0 bridgehead atoms. The highest BCUT2D eigenvalue weighted by molar-refractivity contribution is 6.01. The summed E-state index contributed by atoms with van der Waals surface area (Å²) in [4.78, 5) is 41.1. The number of hydrogen-bond donors (Lipinski definition) is 4. The highest BCUT2D eigenvalue weighted by Crippen LogP contribution is 2.21.